The molecule has 1 aliphatic carbocycles. The summed E-state index contributed by atoms with van der Waals surface area (Å²) < 4.78 is 5.24. The summed E-state index contributed by atoms with van der Waals surface area (Å²) in [6.07, 6.45) is 7.92. The zero-order chi connectivity index (χ0) is 37.7. The lowest BCUT2D eigenvalue weighted by Crippen LogP contribution is -2.59. The molecule has 0 radical (unpaired) electrons. The minimum absolute atomic E-state index is 0.00776. The lowest BCUT2D eigenvalue weighted by Gasteiger charge is -2.35. The molecular weight excluding hydrogens is 626 g/mol. The van der Waals surface area contributed by atoms with Crippen LogP contribution in [0.25, 0.3) is 0 Å². The number of amides is 5. The van der Waals surface area contributed by atoms with Crippen LogP contribution >= 0.6 is 0 Å². The second kappa shape index (κ2) is 23.8. The molecule has 0 aromatic carbocycles. The van der Waals surface area contributed by atoms with Crippen LogP contribution in [0.1, 0.15) is 127 Å². The second-order valence-electron chi connectivity index (χ2n) is 14.4. The Morgan fingerprint density at radius 1 is 0.959 bits per heavy atom. The smallest absolute Gasteiger partial charge is 0.325 e. The molecule has 2 rings (SSSR count). The average Bonchev–Trinajstić information content (AvgIpc) is 3.44. The van der Waals surface area contributed by atoms with Crippen molar-refractivity contribution in [3.8, 4) is 0 Å². The molecule has 4 atom stereocenters. The maximum atomic E-state index is 14.1. The predicted octanol–water partition coefficient (Wildman–Crippen LogP) is 5.05. The van der Waals surface area contributed by atoms with Crippen molar-refractivity contribution in [1.29, 1.82) is 0 Å². The molecule has 0 bridgehead atoms. The Labute approximate surface area is 295 Å². The molecule has 1 saturated carbocycles. The zero-order valence-electron chi connectivity index (χ0n) is 32.0. The van der Waals surface area contributed by atoms with Gasteiger partial charge in [0.2, 0.25) is 17.6 Å². The first-order valence-corrected chi connectivity index (χ1v) is 18.3. The number of Topliss-reactive ketones (excluding diaryl/α,β-unsaturated/α-hetero) is 1. The van der Waals surface area contributed by atoms with Crippen LogP contribution < -0.4 is 21.3 Å². The number of likely N-dealkylation sites (tertiary alicyclic amines) is 1. The summed E-state index contributed by atoms with van der Waals surface area (Å²) in [4.78, 5) is 79.3. The SMILES string of the molecule is C=CCNC(=O)C(=O)C(CCCC)NC(=O)[C@@H]1CC(C)CN1C(=O)C(NC(=O)NCC(=O)OC(C)(C)C)C1CCCCC1.CC.CC(C)C. The summed E-state index contributed by atoms with van der Waals surface area (Å²) in [5.74, 6) is -2.29. The first-order valence-electron chi connectivity index (χ1n) is 18.3. The van der Waals surface area contributed by atoms with Crippen LogP contribution in [0.3, 0.4) is 0 Å². The topological polar surface area (TPSA) is 163 Å². The van der Waals surface area contributed by atoms with Gasteiger partial charge in [0.15, 0.2) is 0 Å². The van der Waals surface area contributed by atoms with Crippen LogP contribution in [-0.2, 0) is 28.7 Å². The molecular formula is C37H67N5O7. The molecule has 12 heteroatoms. The number of nitrogens with zero attached hydrogens (tertiary/aromatic N) is 1. The Morgan fingerprint density at radius 3 is 2.08 bits per heavy atom. The minimum atomic E-state index is -1.02. The molecule has 12 nitrogen and oxygen atoms in total. The average molecular weight is 694 g/mol. The van der Waals surface area contributed by atoms with Gasteiger partial charge in [-0.1, -0.05) is 86.6 Å². The van der Waals surface area contributed by atoms with Crippen molar-refractivity contribution in [3.05, 3.63) is 12.7 Å². The van der Waals surface area contributed by atoms with Crippen molar-refractivity contribution in [1.82, 2.24) is 26.2 Å². The van der Waals surface area contributed by atoms with Gasteiger partial charge in [-0.3, -0.25) is 24.0 Å². The van der Waals surface area contributed by atoms with Gasteiger partial charge in [-0.25, -0.2) is 4.79 Å². The van der Waals surface area contributed by atoms with E-state index in [1.165, 1.54) is 11.0 Å². The van der Waals surface area contributed by atoms with E-state index in [1.807, 2.05) is 27.7 Å². The molecule has 2 aliphatic rings. The monoisotopic (exact) mass is 694 g/mol. The Balaban J connectivity index is 0.00000356. The zero-order valence-corrected chi connectivity index (χ0v) is 32.0. The Hall–Kier alpha value is -3.44. The van der Waals surface area contributed by atoms with Gasteiger partial charge in [-0.15, -0.1) is 6.58 Å². The quantitative estimate of drug-likeness (QED) is 0.112. The number of ketones is 1. The highest BCUT2D eigenvalue weighted by molar-refractivity contribution is 6.38. The Bertz CT molecular complexity index is 1060. The molecule has 1 aliphatic heterocycles. The summed E-state index contributed by atoms with van der Waals surface area (Å²) in [5.41, 5.74) is -0.701. The van der Waals surface area contributed by atoms with Crippen molar-refractivity contribution >= 4 is 35.5 Å². The van der Waals surface area contributed by atoms with E-state index >= 15 is 0 Å². The van der Waals surface area contributed by atoms with E-state index in [2.05, 4.69) is 48.6 Å². The summed E-state index contributed by atoms with van der Waals surface area (Å²) in [6.45, 7) is 23.2. The molecule has 3 unspecified atom stereocenters. The van der Waals surface area contributed by atoms with Crippen LogP contribution in [0, 0.1) is 17.8 Å². The van der Waals surface area contributed by atoms with Crippen LogP contribution in [0.15, 0.2) is 12.7 Å². The molecule has 4 N–H and O–H groups in total. The van der Waals surface area contributed by atoms with E-state index < -0.39 is 53.3 Å². The van der Waals surface area contributed by atoms with E-state index in [1.54, 1.807) is 20.8 Å². The number of hydrogen-bond donors (Lipinski definition) is 4. The molecule has 5 amide bonds. The van der Waals surface area contributed by atoms with Gasteiger partial charge in [-0.2, -0.15) is 0 Å². The maximum Gasteiger partial charge on any atom is 0.325 e. The highest BCUT2D eigenvalue weighted by Gasteiger charge is 2.43. The van der Waals surface area contributed by atoms with Gasteiger partial charge in [-0.05, 0) is 64.2 Å². The number of unbranched alkanes of at least 4 members (excludes halogenated alkanes) is 1. The summed E-state index contributed by atoms with van der Waals surface area (Å²) in [7, 11) is 0. The molecule has 0 aromatic rings. The van der Waals surface area contributed by atoms with Gasteiger partial charge in [0.25, 0.3) is 5.91 Å². The van der Waals surface area contributed by atoms with Crippen LogP contribution in [0.5, 0.6) is 0 Å². The van der Waals surface area contributed by atoms with Crippen molar-refractivity contribution in [2.24, 2.45) is 17.8 Å². The Kier molecular flexibility index (Phi) is 22.2. The van der Waals surface area contributed by atoms with Crippen molar-refractivity contribution in [3.63, 3.8) is 0 Å². The van der Waals surface area contributed by atoms with E-state index in [4.69, 9.17) is 4.74 Å². The van der Waals surface area contributed by atoms with E-state index in [0.29, 0.717) is 25.8 Å². The number of rotatable bonds is 14. The molecule has 0 spiro atoms. The largest absolute Gasteiger partial charge is 0.459 e. The summed E-state index contributed by atoms with van der Waals surface area (Å²) in [5, 5.41) is 10.5. The second-order valence-corrected chi connectivity index (χ2v) is 14.4. The third-order valence-electron chi connectivity index (χ3n) is 7.69. The molecule has 49 heavy (non-hydrogen) atoms. The normalized spacial score (nSPS) is 18.7. The lowest BCUT2D eigenvalue weighted by atomic mass is 9.83. The van der Waals surface area contributed by atoms with E-state index in [-0.39, 0.29) is 30.8 Å². The molecule has 2 fully saturated rings. The van der Waals surface area contributed by atoms with Crippen LogP contribution in [-0.4, -0.2) is 83.8 Å². The molecule has 0 aromatic heterocycles. The van der Waals surface area contributed by atoms with Crippen LogP contribution in [0.4, 0.5) is 4.79 Å². The molecule has 1 heterocycles. The first kappa shape index (κ1) is 45.6. The lowest BCUT2D eigenvalue weighted by molar-refractivity contribution is -0.153. The Morgan fingerprint density at radius 2 is 1.55 bits per heavy atom. The van der Waals surface area contributed by atoms with Gasteiger partial charge in [0.05, 0.1) is 6.04 Å². The highest BCUT2D eigenvalue weighted by Crippen LogP contribution is 2.30. The fourth-order valence-corrected chi connectivity index (χ4v) is 5.64. The third-order valence-corrected chi connectivity index (χ3v) is 7.69. The standard InChI is InChI=1S/C31H51N5O7.C4H10.C2H6/c1-7-9-15-22(26(38)28(40)32-16-8-2)34-27(39)23-17-20(3)19-36(23)29(41)25(21-13-11-10-12-14-21)35-30(42)33-18-24(37)43-31(4,5)6;1-4(2)3;1-2/h8,20-23,25H,2,7,9-19H2,1,3-6H3,(H,32,40)(H,34,39)(H2,33,35,42);4H,1-3H3;1-2H3/t20?,22?,23-,25?;;/m0../s1. The third kappa shape index (κ3) is 18.2. The van der Waals surface area contributed by atoms with Crippen molar-refractivity contribution < 1.29 is 33.5 Å². The fourth-order valence-electron chi connectivity index (χ4n) is 5.64. The van der Waals surface area contributed by atoms with Crippen molar-refractivity contribution in [2.45, 2.75) is 151 Å². The van der Waals surface area contributed by atoms with Gasteiger partial charge in [0.1, 0.15) is 24.2 Å². The number of carbonyl (C=O) groups excluding carboxylic acids is 6. The van der Waals surface area contributed by atoms with Gasteiger partial charge in [0, 0.05) is 13.1 Å². The first-order chi connectivity index (χ1) is 23.0. The van der Waals surface area contributed by atoms with Crippen molar-refractivity contribution in [2.75, 3.05) is 19.6 Å². The molecule has 1 saturated heterocycles. The summed E-state index contributed by atoms with van der Waals surface area (Å²) >= 11 is 0. The summed E-state index contributed by atoms with van der Waals surface area (Å²) in [6, 6.07) is -3.43. The van der Waals surface area contributed by atoms with Gasteiger partial charge < -0.3 is 30.9 Å². The number of ether oxygens (including phenoxy) is 1. The predicted molar refractivity (Wildman–Crippen MR) is 194 cm³/mol. The van der Waals surface area contributed by atoms with E-state index in [9.17, 15) is 28.8 Å². The number of urea groups is 1. The van der Waals surface area contributed by atoms with E-state index in [0.717, 1.165) is 44.4 Å². The number of nitrogens with one attached hydrogen (secondary N) is 4. The number of carbonyl (C=O) groups is 6. The minimum Gasteiger partial charge on any atom is -0.459 e. The van der Waals surface area contributed by atoms with Crippen LogP contribution in [0.2, 0.25) is 0 Å². The fraction of sp³-hybridized carbons (Fsp3) is 0.784. The molecule has 282 valence electrons. The number of hydrogen-bond acceptors (Lipinski definition) is 7. The number of esters is 1. The van der Waals surface area contributed by atoms with Gasteiger partial charge >= 0.3 is 12.0 Å². The maximum absolute atomic E-state index is 14.1. The highest BCUT2D eigenvalue weighted by atomic mass is 16.6.